The lowest BCUT2D eigenvalue weighted by Crippen LogP contribution is -2.15. The van der Waals surface area contributed by atoms with Crippen molar-refractivity contribution in [3.8, 4) is 11.5 Å². The molecule has 7 heteroatoms. The first-order valence-corrected chi connectivity index (χ1v) is 7.27. The van der Waals surface area contributed by atoms with Crippen molar-refractivity contribution in [2.24, 2.45) is 0 Å². The second kappa shape index (κ2) is 8.49. The number of benzene rings is 2. The number of rotatable bonds is 6. The van der Waals surface area contributed by atoms with Crippen LogP contribution in [0.4, 0.5) is 0 Å². The standard InChI is InChI=1S/C18H16O7/c1-12(19)25-16-10-6-4-8-14(16)18(21)24-11-23-17(20)13-7-3-5-9-15(13)22-2/h3-10H,11H2,1-2H3. The van der Waals surface area contributed by atoms with Crippen LogP contribution in [0.2, 0.25) is 0 Å². The molecule has 2 aromatic rings. The van der Waals surface area contributed by atoms with Crippen LogP contribution < -0.4 is 9.47 Å². The van der Waals surface area contributed by atoms with Crippen LogP contribution in [0.15, 0.2) is 48.5 Å². The van der Waals surface area contributed by atoms with Crippen molar-refractivity contribution in [3.63, 3.8) is 0 Å². The molecule has 0 amide bonds. The summed E-state index contributed by atoms with van der Waals surface area (Å²) in [7, 11) is 1.43. The maximum absolute atomic E-state index is 12.1. The Morgan fingerprint density at radius 1 is 0.800 bits per heavy atom. The zero-order valence-electron chi connectivity index (χ0n) is 13.7. The molecule has 130 valence electrons. The average Bonchev–Trinajstić information content (AvgIpc) is 2.61. The van der Waals surface area contributed by atoms with Crippen molar-refractivity contribution in [2.45, 2.75) is 6.92 Å². The molecule has 0 saturated carbocycles. The highest BCUT2D eigenvalue weighted by atomic mass is 16.7. The van der Waals surface area contributed by atoms with Gasteiger partial charge < -0.3 is 18.9 Å². The van der Waals surface area contributed by atoms with Gasteiger partial charge in [0.05, 0.1) is 7.11 Å². The highest BCUT2D eigenvalue weighted by Crippen LogP contribution is 2.20. The van der Waals surface area contributed by atoms with E-state index in [2.05, 4.69) is 0 Å². The summed E-state index contributed by atoms with van der Waals surface area (Å²) in [5, 5.41) is 0. The van der Waals surface area contributed by atoms with E-state index in [9.17, 15) is 14.4 Å². The Kier molecular flexibility index (Phi) is 6.11. The van der Waals surface area contributed by atoms with Crippen LogP contribution in [-0.4, -0.2) is 31.8 Å². The Morgan fingerprint density at radius 2 is 1.28 bits per heavy atom. The number of ether oxygens (including phenoxy) is 4. The van der Waals surface area contributed by atoms with E-state index in [1.807, 2.05) is 0 Å². The lowest BCUT2D eigenvalue weighted by Gasteiger charge is -2.10. The Bertz CT molecular complexity index is 782. The maximum Gasteiger partial charge on any atom is 0.344 e. The normalized spacial score (nSPS) is 9.84. The van der Waals surface area contributed by atoms with E-state index in [0.717, 1.165) is 0 Å². The fraction of sp³-hybridized carbons (Fsp3) is 0.167. The zero-order chi connectivity index (χ0) is 18.2. The summed E-state index contributed by atoms with van der Waals surface area (Å²) in [6.45, 7) is 0.626. The van der Waals surface area contributed by atoms with Gasteiger partial charge in [-0.15, -0.1) is 0 Å². The molecule has 0 saturated heterocycles. The quantitative estimate of drug-likeness (QED) is 0.452. The average molecular weight is 344 g/mol. The van der Waals surface area contributed by atoms with Gasteiger partial charge in [0, 0.05) is 6.92 Å². The third-order valence-electron chi connectivity index (χ3n) is 3.07. The van der Waals surface area contributed by atoms with Crippen LogP contribution in [0, 0.1) is 0 Å². The van der Waals surface area contributed by atoms with Gasteiger partial charge in [0.15, 0.2) is 0 Å². The molecule has 0 unspecified atom stereocenters. The van der Waals surface area contributed by atoms with E-state index in [0.29, 0.717) is 5.75 Å². The minimum atomic E-state index is -0.787. The number of carbonyl (C=O) groups is 3. The largest absolute Gasteiger partial charge is 0.496 e. The molecule has 0 atom stereocenters. The highest BCUT2D eigenvalue weighted by molar-refractivity contribution is 5.94. The molecular formula is C18H16O7. The molecule has 0 aliphatic heterocycles. The Morgan fingerprint density at radius 3 is 1.80 bits per heavy atom. The molecule has 0 N–H and O–H groups in total. The third kappa shape index (κ3) is 4.81. The van der Waals surface area contributed by atoms with E-state index < -0.39 is 24.7 Å². The number of para-hydroxylation sites is 2. The predicted molar refractivity (Wildman–Crippen MR) is 86.4 cm³/mol. The molecule has 0 fully saturated rings. The summed E-state index contributed by atoms with van der Waals surface area (Å²) in [4.78, 5) is 35.1. The first kappa shape index (κ1) is 18.0. The summed E-state index contributed by atoms with van der Waals surface area (Å²) in [5.41, 5.74) is 0.257. The molecule has 0 bridgehead atoms. The second-order valence-electron chi connectivity index (χ2n) is 4.77. The predicted octanol–water partition coefficient (Wildman–Crippen LogP) is 2.59. The summed E-state index contributed by atoms with van der Waals surface area (Å²) in [6, 6.07) is 12.6. The molecule has 0 radical (unpaired) electrons. The molecule has 0 heterocycles. The van der Waals surface area contributed by atoms with Gasteiger partial charge in [0.1, 0.15) is 22.6 Å². The molecule has 0 spiro atoms. The van der Waals surface area contributed by atoms with Crippen LogP contribution >= 0.6 is 0 Å². The van der Waals surface area contributed by atoms with Gasteiger partial charge in [0.2, 0.25) is 6.79 Å². The van der Waals surface area contributed by atoms with Crippen molar-refractivity contribution in [3.05, 3.63) is 59.7 Å². The van der Waals surface area contributed by atoms with E-state index in [-0.39, 0.29) is 16.9 Å². The lowest BCUT2D eigenvalue weighted by molar-refractivity contribution is -0.131. The van der Waals surface area contributed by atoms with E-state index in [4.69, 9.17) is 18.9 Å². The molecule has 0 aromatic heterocycles. The Balaban J connectivity index is 1.97. The summed E-state index contributed by atoms with van der Waals surface area (Å²) in [5.74, 6) is -1.64. The van der Waals surface area contributed by atoms with Crippen LogP contribution in [0.3, 0.4) is 0 Å². The Hall–Kier alpha value is -3.35. The van der Waals surface area contributed by atoms with Gasteiger partial charge in [-0.3, -0.25) is 4.79 Å². The topological polar surface area (TPSA) is 88.1 Å². The molecule has 25 heavy (non-hydrogen) atoms. The van der Waals surface area contributed by atoms with E-state index in [1.54, 1.807) is 30.3 Å². The van der Waals surface area contributed by atoms with Gasteiger partial charge in [-0.1, -0.05) is 24.3 Å². The SMILES string of the molecule is COc1ccccc1C(=O)OCOC(=O)c1ccccc1OC(C)=O. The molecule has 7 nitrogen and oxygen atoms in total. The van der Waals surface area contributed by atoms with Crippen molar-refractivity contribution in [1.82, 2.24) is 0 Å². The van der Waals surface area contributed by atoms with Crippen LogP contribution in [0.1, 0.15) is 27.6 Å². The monoisotopic (exact) mass is 344 g/mol. The minimum absolute atomic E-state index is 0.0473. The molecule has 0 aliphatic rings. The van der Waals surface area contributed by atoms with Crippen LogP contribution in [-0.2, 0) is 14.3 Å². The summed E-state index contributed by atoms with van der Waals surface area (Å²) < 4.78 is 19.8. The highest BCUT2D eigenvalue weighted by Gasteiger charge is 2.17. The fourth-order valence-corrected chi connectivity index (χ4v) is 1.98. The number of hydrogen-bond acceptors (Lipinski definition) is 7. The first-order chi connectivity index (χ1) is 12.0. The lowest BCUT2D eigenvalue weighted by atomic mass is 10.2. The van der Waals surface area contributed by atoms with Gasteiger partial charge in [-0.2, -0.15) is 0 Å². The van der Waals surface area contributed by atoms with Gasteiger partial charge in [-0.05, 0) is 24.3 Å². The second-order valence-corrected chi connectivity index (χ2v) is 4.77. The number of hydrogen-bond donors (Lipinski definition) is 0. The van der Waals surface area contributed by atoms with Gasteiger partial charge in [0.25, 0.3) is 0 Å². The third-order valence-corrected chi connectivity index (χ3v) is 3.07. The molecule has 0 aliphatic carbocycles. The van der Waals surface area contributed by atoms with E-state index >= 15 is 0 Å². The summed E-state index contributed by atoms with van der Waals surface area (Å²) >= 11 is 0. The smallest absolute Gasteiger partial charge is 0.344 e. The summed E-state index contributed by atoms with van der Waals surface area (Å²) in [6.07, 6.45) is 0. The number of carbonyl (C=O) groups excluding carboxylic acids is 3. The minimum Gasteiger partial charge on any atom is -0.496 e. The van der Waals surface area contributed by atoms with Crippen molar-refractivity contribution in [2.75, 3.05) is 13.9 Å². The van der Waals surface area contributed by atoms with Crippen molar-refractivity contribution < 1.29 is 33.3 Å². The van der Waals surface area contributed by atoms with Crippen LogP contribution in [0.25, 0.3) is 0 Å². The number of methoxy groups -OCH3 is 1. The van der Waals surface area contributed by atoms with Gasteiger partial charge >= 0.3 is 17.9 Å². The molecule has 2 rings (SSSR count). The zero-order valence-corrected chi connectivity index (χ0v) is 13.7. The molecule has 2 aromatic carbocycles. The Labute approximate surface area is 144 Å². The maximum atomic E-state index is 12.1. The fourth-order valence-electron chi connectivity index (χ4n) is 1.98. The molecular weight excluding hydrogens is 328 g/mol. The van der Waals surface area contributed by atoms with Gasteiger partial charge in [-0.25, -0.2) is 9.59 Å². The first-order valence-electron chi connectivity index (χ1n) is 7.27. The number of esters is 3. The van der Waals surface area contributed by atoms with Crippen molar-refractivity contribution >= 4 is 17.9 Å². The van der Waals surface area contributed by atoms with Crippen LogP contribution in [0.5, 0.6) is 11.5 Å². The van der Waals surface area contributed by atoms with Crippen molar-refractivity contribution in [1.29, 1.82) is 0 Å². The van der Waals surface area contributed by atoms with E-state index in [1.165, 1.54) is 32.2 Å².